The first kappa shape index (κ1) is 33.8. The number of nitrogens with zero attached hydrogens (tertiary/aromatic N) is 4. The molecule has 3 aromatic carbocycles. The maximum Gasteiger partial charge on any atom is 0.255 e. The number of anilines is 2. The SMILES string of the molecule is CC(C)[C@H]1CCc2cc(O)ccc2[C@H]1c1ccc(N2CCC(CN3CCN(c4ccc5c(c4)CN(C4CCC(=O)NC4=O)C5=O)CC3)CC2)cc1. The number of phenols is 1. The van der Waals surface area contributed by atoms with Gasteiger partial charge in [0.25, 0.3) is 5.91 Å². The third kappa shape index (κ3) is 6.73. The number of phenolic OH excluding ortho intramolecular Hbond substituents is 1. The fraction of sp³-hybridized carbons (Fsp3) is 0.500. The lowest BCUT2D eigenvalue weighted by molar-refractivity contribution is -0.136. The first-order valence-electron chi connectivity index (χ1n) is 19.1. The Morgan fingerprint density at radius 2 is 1.49 bits per heavy atom. The average Bonchev–Trinajstić information content (AvgIpc) is 3.46. The summed E-state index contributed by atoms with van der Waals surface area (Å²) >= 11 is 0. The van der Waals surface area contributed by atoms with Gasteiger partial charge in [-0.25, -0.2) is 0 Å². The normalized spacial score (nSPS) is 24.6. The number of imide groups is 1. The van der Waals surface area contributed by atoms with Gasteiger partial charge in [0.1, 0.15) is 11.8 Å². The van der Waals surface area contributed by atoms with Gasteiger partial charge in [0.05, 0.1) is 0 Å². The van der Waals surface area contributed by atoms with Gasteiger partial charge >= 0.3 is 0 Å². The number of carbonyl (C=O) groups is 3. The average molecular weight is 690 g/mol. The molecule has 0 bridgehead atoms. The van der Waals surface area contributed by atoms with Crippen LogP contribution in [-0.2, 0) is 22.6 Å². The summed E-state index contributed by atoms with van der Waals surface area (Å²) < 4.78 is 0. The minimum atomic E-state index is -0.581. The summed E-state index contributed by atoms with van der Waals surface area (Å²) in [5, 5.41) is 12.5. The van der Waals surface area contributed by atoms with Crippen LogP contribution in [0, 0.1) is 17.8 Å². The molecular weight excluding hydrogens is 638 g/mol. The van der Waals surface area contributed by atoms with Crippen LogP contribution in [-0.4, -0.2) is 84.5 Å². The van der Waals surface area contributed by atoms with Gasteiger partial charge < -0.3 is 19.8 Å². The van der Waals surface area contributed by atoms with Crippen LogP contribution in [0.1, 0.15) is 84.5 Å². The highest BCUT2D eigenvalue weighted by Crippen LogP contribution is 2.45. The first-order valence-corrected chi connectivity index (χ1v) is 19.1. The number of nitrogens with one attached hydrogen (secondary N) is 1. The fourth-order valence-corrected chi connectivity index (χ4v) is 9.55. The van der Waals surface area contributed by atoms with Crippen LogP contribution >= 0.6 is 0 Å². The number of aromatic hydroxyl groups is 1. The Balaban J connectivity index is 0.825. The lowest BCUT2D eigenvalue weighted by Crippen LogP contribution is -2.52. The molecule has 4 heterocycles. The molecule has 3 aromatic rings. The number of amides is 3. The summed E-state index contributed by atoms with van der Waals surface area (Å²) in [5.41, 5.74) is 8.16. The fourth-order valence-electron chi connectivity index (χ4n) is 9.55. The molecule has 1 aliphatic carbocycles. The first-order chi connectivity index (χ1) is 24.7. The minimum absolute atomic E-state index is 0.119. The number of rotatable bonds is 7. The van der Waals surface area contributed by atoms with Crippen LogP contribution in [0.3, 0.4) is 0 Å². The molecule has 8 rings (SSSR count). The van der Waals surface area contributed by atoms with Gasteiger partial charge in [-0.3, -0.25) is 24.6 Å². The van der Waals surface area contributed by atoms with Crippen LogP contribution < -0.4 is 15.1 Å². The molecule has 0 radical (unpaired) electrons. The Bertz CT molecular complexity index is 1790. The van der Waals surface area contributed by atoms with Gasteiger partial charge in [-0.1, -0.05) is 32.0 Å². The molecule has 51 heavy (non-hydrogen) atoms. The zero-order valence-electron chi connectivity index (χ0n) is 30.0. The quantitative estimate of drug-likeness (QED) is 0.315. The number of piperidine rings is 2. The van der Waals surface area contributed by atoms with Crippen molar-refractivity contribution in [3.63, 3.8) is 0 Å². The smallest absolute Gasteiger partial charge is 0.255 e. The van der Waals surface area contributed by atoms with Gasteiger partial charge in [0.2, 0.25) is 11.8 Å². The zero-order chi connectivity index (χ0) is 35.2. The second kappa shape index (κ2) is 14.0. The third-order valence-electron chi connectivity index (χ3n) is 12.5. The van der Waals surface area contributed by atoms with Crippen LogP contribution in [0.2, 0.25) is 0 Å². The molecule has 4 aliphatic heterocycles. The van der Waals surface area contributed by atoms with Crippen molar-refractivity contribution in [3.8, 4) is 5.75 Å². The molecule has 0 spiro atoms. The number of fused-ring (bicyclic) bond motifs is 2. The van der Waals surface area contributed by atoms with Crippen molar-refractivity contribution >= 4 is 29.1 Å². The predicted octanol–water partition coefficient (Wildman–Crippen LogP) is 5.54. The largest absolute Gasteiger partial charge is 0.508 e. The molecule has 0 aromatic heterocycles. The van der Waals surface area contributed by atoms with Gasteiger partial charge in [-0.05, 0) is 115 Å². The summed E-state index contributed by atoms with van der Waals surface area (Å²) in [5.74, 6) is 1.90. The number of carbonyl (C=O) groups excluding carboxylic acids is 3. The predicted molar refractivity (Wildman–Crippen MR) is 199 cm³/mol. The molecule has 2 N–H and O–H groups in total. The van der Waals surface area contributed by atoms with E-state index < -0.39 is 6.04 Å². The Morgan fingerprint density at radius 1 is 0.765 bits per heavy atom. The van der Waals surface area contributed by atoms with Crippen molar-refractivity contribution in [2.24, 2.45) is 17.8 Å². The van der Waals surface area contributed by atoms with E-state index in [2.05, 4.69) is 70.3 Å². The van der Waals surface area contributed by atoms with E-state index in [1.165, 1.54) is 35.2 Å². The van der Waals surface area contributed by atoms with Gasteiger partial charge in [0, 0.05) is 81.6 Å². The van der Waals surface area contributed by atoms with Crippen molar-refractivity contribution in [2.45, 2.75) is 70.9 Å². The summed E-state index contributed by atoms with van der Waals surface area (Å²) in [4.78, 5) is 46.4. The van der Waals surface area contributed by atoms with E-state index in [9.17, 15) is 19.5 Å². The number of benzene rings is 3. The van der Waals surface area contributed by atoms with E-state index in [0.717, 1.165) is 69.9 Å². The molecule has 1 unspecified atom stereocenters. The summed E-state index contributed by atoms with van der Waals surface area (Å²) in [6.45, 7) is 12.4. The van der Waals surface area contributed by atoms with Crippen molar-refractivity contribution in [3.05, 3.63) is 88.5 Å². The molecular formula is C42H51N5O4. The number of piperazine rings is 1. The molecule has 3 amide bonds. The number of hydrogen-bond donors (Lipinski definition) is 2. The van der Waals surface area contributed by atoms with E-state index in [4.69, 9.17) is 0 Å². The standard InChI is InChI=1S/C42H51N5O4/c1-27(2)35-10-5-30-24-34(48)9-12-36(30)40(35)29-3-6-32(7-4-29)45-17-15-28(16-18-45)25-44-19-21-46(22-20-44)33-8-11-37-31(23-33)26-47(42(37)51)38-13-14-39(49)43-41(38)50/h3-4,6-9,11-12,23-24,27-28,35,38,40,48H,5,10,13-22,25-26H2,1-2H3,(H,43,49,50)/t35-,38?,40+/m1/s1. The van der Waals surface area contributed by atoms with Crippen LogP contribution in [0.25, 0.3) is 0 Å². The maximum atomic E-state index is 13.1. The van der Waals surface area contributed by atoms with E-state index in [0.29, 0.717) is 48.0 Å². The Kier molecular flexibility index (Phi) is 9.25. The van der Waals surface area contributed by atoms with Crippen molar-refractivity contribution in [1.82, 2.24) is 15.1 Å². The highest BCUT2D eigenvalue weighted by molar-refractivity contribution is 6.05. The molecule has 9 heteroatoms. The topological polar surface area (TPSA) is 96.4 Å². The molecule has 3 atom stereocenters. The Hall–Kier alpha value is -4.37. The molecule has 268 valence electrons. The molecule has 5 aliphatic rings. The zero-order valence-corrected chi connectivity index (χ0v) is 30.0. The highest BCUT2D eigenvalue weighted by atomic mass is 16.3. The Morgan fingerprint density at radius 3 is 2.22 bits per heavy atom. The molecule has 9 nitrogen and oxygen atoms in total. The maximum absolute atomic E-state index is 13.1. The van der Waals surface area contributed by atoms with Crippen molar-refractivity contribution in [1.29, 1.82) is 0 Å². The van der Waals surface area contributed by atoms with Crippen LogP contribution in [0.4, 0.5) is 11.4 Å². The monoisotopic (exact) mass is 689 g/mol. The molecule has 0 saturated carbocycles. The van der Waals surface area contributed by atoms with E-state index in [-0.39, 0.29) is 24.1 Å². The van der Waals surface area contributed by atoms with Gasteiger partial charge in [-0.2, -0.15) is 0 Å². The highest BCUT2D eigenvalue weighted by Gasteiger charge is 2.39. The van der Waals surface area contributed by atoms with E-state index >= 15 is 0 Å². The molecule has 3 saturated heterocycles. The second-order valence-corrected chi connectivity index (χ2v) is 15.9. The summed E-state index contributed by atoms with van der Waals surface area (Å²) in [6, 6.07) is 20.9. The van der Waals surface area contributed by atoms with Crippen molar-refractivity contribution in [2.75, 3.05) is 55.6 Å². The number of aryl methyl sites for hydroxylation is 1. The van der Waals surface area contributed by atoms with Crippen LogP contribution in [0.15, 0.2) is 60.7 Å². The van der Waals surface area contributed by atoms with E-state index in [1.54, 1.807) is 4.90 Å². The summed E-state index contributed by atoms with van der Waals surface area (Å²) in [7, 11) is 0. The molecule has 3 fully saturated rings. The minimum Gasteiger partial charge on any atom is -0.508 e. The van der Waals surface area contributed by atoms with Crippen molar-refractivity contribution < 1.29 is 19.5 Å². The lowest BCUT2D eigenvalue weighted by atomic mass is 9.68. The van der Waals surface area contributed by atoms with Gasteiger partial charge in [-0.15, -0.1) is 0 Å². The number of hydrogen-bond acceptors (Lipinski definition) is 7. The third-order valence-corrected chi connectivity index (χ3v) is 12.5. The van der Waals surface area contributed by atoms with Gasteiger partial charge in [0.15, 0.2) is 0 Å². The van der Waals surface area contributed by atoms with E-state index in [1.807, 2.05) is 24.3 Å². The second-order valence-electron chi connectivity index (χ2n) is 15.9. The Labute approximate surface area is 301 Å². The summed E-state index contributed by atoms with van der Waals surface area (Å²) in [6.07, 6.45) is 5.26. The lowest BCUT2D eigenvalue weighted by Gasteiger charge is -2.40. The van der Waals surface area contributed by atoms with Crippen LogP contribution in [0.5, 0.6) is 5.75 Å².